The van der Waals surface area contributed by atoms with Crippen LogP contribution in [0.1, 0.15) is 32.6 Å². The highest BCUT2D eigenvalue weighted by Crippen LogP contribution is 2.29. The summed E-state index contributed by atoms with van der Waals surface area (Å²) in [6.07, 6.45) is 4.44. The summed E-state index contributed by atoms with van der Waals surface area (Å²) < 4.78 is 1.73. The van der Waals surface area contributed by atoms with E-state index in [0.717, 1.165) is 19.4 Å². The van der Waals surface area contributed by atoms with Gasteiger partial charge >= 0.3 is 5.97 Å². The highest BCUT2D eigenvalue weighted by atomic mass is 16.4. The molecule has 1 fully saturated rings. The molecule has 6 nitrogen and oxygen atoms in total. The van der Waals surface area contributed by atoms with Crippen molar-refractivity contribution < 1.29 is 14.7 Å². The van der Waals surface area contributed by atoms with Crippen LogP contribution in [0.3, 0.4) is 0 Å². The van der Waals surface area contributed by atoms with Gasteiger partial charge in [-0.15, -0.1) is 0 Å². The van der Waals surface area contributed by atoms with E-state index in [0.29, 0.717) is 18.7 Å². The predicted molar refractivity (Wildman–Crippen MR) is 69.6 cm³/mol. The number of rotatable bonds is 4. The van der Waals surface area contributed by atoms with E-state index in [2.05, 4.69) is 10.4 Å². The van der Waals surface area contributed by atoms with Crippen molar-refractivity contribution in [1.29, 1.82) is 0 Å². The molecule has 2 N–H and O–H groups in total. The zero-order valence-corrected chi connectivity index (χ0v) is 11.0. The van der Waals surface area contributed by atoms with Crippen LogP contribution in [-0.2, 0) is 16.1 Å². The lowest BCUT2D eigenvalue weighted by atomic mass is 9.81. The standard InChI is InChI=1S/C13H19N3O3/c1-2-16-7-6-11(15-16)14-12(17)9-4-3-5-10(8-9)13(18)19/h6-7,9-10H,2-5,8H2,1H3,(H,18,19)(H,14,15,17). The largest absolute Gasteiger partial charge is 0.481 e. The van der Waals surface area contributed by atoms with E-state index >= 15 is 0 Å². The number of nitrogens with one attached hydrogen (secondary N) is 1. The van der Waals surface area contributed by atoms with Gasteiger partial charge in [-0.05, 0) is 26.2 Å². The number of aromatic nitrogens is 2. The van der Waals surface area contributed by atoms with Gasteiger partial charge in [-0.3, -0.25) is 14.3 Å². The first-order chi connectivity index (χ1) is 9.10. The van der Waals surface area contributed by atoms with Crippen LogP contribution in [0.15, 0.2) is 12.3 Å². The zero-order chi connectivity index (χ0) is 13.8. The maximum Gasteiger partial charge on any atom is 0.306 e. The molecule has 0 aromatic carbocycles. The number of carbonyl (C=O) groups is 2. The highest BCUT2D eigenvalue weighted by Gasteiger charge is 2.31. The Kier molecular flexibility index (Phi) is 4.19. The Morgan fingerprint density at radius 3 is 2.84 bits per heavy atom. The van der Waals surface area contributed by atoms with Crippen LogP contribution in [0.4, 0.5) is 5.82 Å². The van der Waals surface area contributed by atoms with Gasteiger partial charge in [0.05, 0.1) is 5.92 Å². The quantitative estimate of drug-likeness (QED) is 0.868. The molecule has 0 bridgehead atoms. The maximum atomic E-state index is 12.1. The van der Waals surface area contributed by atoms with Crippen molar-refractivity contribution >= 4 is 17.7 Å². The predicted octanol–water partition coefficient (Wildman–Crippen LogP) is 1.73. The second-order valence-electron chi connectivity index (χ2n) is 4.94. The Morgan fingerprint density at radius 2 is 2.21 bits per heavy atom. The Hall–Kier alpha value is -1.85. The van der Waals surface area contributed by atoms with Crippen LogP contribution < -0.4 is 5.32 Å². The lowest BCUT2D eigenvalue weighted by Gasteiger charge is -2.25. The number of nitrogens with zero attached hydrogens (tertiary/aromatic N) is 2. The third-order valence-electron chi connectivity index (χ3n) is 3.61. The van der Waals surface area contributed by atoms with E-state index in [1.807, 2.05) is 6.92 Å². The normalized spacial score (nSPS) is 23.0. The second kappa shape index (κ2) is 5.86. The van der Waals surface area contributed by atoms with E-state index in [1.165, 1.54) is 0 Å². The third-order valence-corrected chi connectivity index (χ3v) is 3.61. The molecule has 6 heteroatoms. The minimum Gasteiger partial charge on any atom is -0.481 e. The average molecular weight is 265 g/mol. The number of hydrogen-bond acceptors (Lipinski definition) is 3. The van der Waals surface area contributed by atoms with Crippen LogP contribution in [0.25, 0.3) is 0 Å². The van der Waals surface area contributed by atoms with Crippen molar-refractivity contribution in [1.82, 2.24) is 9.78 Å². The van der Waals surface area contributed by atoms with Crippen LogP contribution >= 0.6 is 0 Å². The molecule has 0 spiro atoms. The van der Waals surface area contributed by atoms with Gasteiger partial charge in [0.15, 0.2) is 5.82 Å². The molecule has 1 aliphatic rings. The van der Waals surface area contributed by atoms with Gasteiger partial charge in [-0.25, -0.2) is 0 Å². The summed E-state index contributed by atoms with van der Waals surface area (Å²) in [5.41, 5.74) is 0. The number of aryl methyl sites for hydroxylation is 1. The Morgan fingerprint density at radius 1 is 1.47 bits per heavy atom. The zero-order valence-electron chi connectivity index (χ0n) is 11.0. The molecule has 0 aliphatic heterocycles. The lowest BCUT2D eigenvalue weighted by Crippen LogP contribution is -2.31. The van der Waals surface area contributed by atoms with Crippen molar-refractivity contribution in [2.24, 2.45) is 11.8 Å². The number of hydrogen-bond donors (Lipinski definition) is 2. The van der Waals surface area contributed by atoms with E-state index in [4.69, 9.17) is 5.11 Å². The molecule has 2 unspecified atom stereocenters. The molecule has 1 heterocycles. The minimum atomic E-state index is -0.798. The fourth-order valence-corrected chi connectivity index (χ4v) is 2.48. The number of amides is 1. The summed E-state index contributed by atoms with van der Waals surface area (Å²) in [6, 6.07) is 1.75. The highest BCUT2D eigenvalue weighted by molar-refractivity contribution is 5.92. The molecular weight excluding hydrogens is 246 g/mol. The SMILES string of the molecule is CCn1ccc(NC(=O)C2CCCC(C(=O)O)C2)n1. The first kappa shape index (κ1) is 13.6. The van der Waals surface area contributed by atoms with E-state index < -0.39 is 11.9 Å². The summed E-state index contributed by atoms with van der Waals surface area (Å²) in [5.74, 6) is -0.997. The van der Waals surface area contributed by atoms with Crippen molar-refractivity contribution in [2.45, 2.75) is 39.2 Å². The number of carbonyl (C=O) groups excluding carboxylic acids is 1. The molecule has 1 aromatic rings. The topological polar surface area (TPSA) is 84.2 Å². The van der Waals surface area contributed by atoms with Crippen molar-refractivity contribution in [3.63, 3.8) is 0 Å². The van der Waals surface area contributed by atoms with Gasteiger partial charge in [0.2, 0.25) is 5.91 Å². The maximum absolute atomic E-state index is 12.1. The van der Waals surface area contributed by atoms with E-state index in [9.17, 15) is 9.59 Å². The van der Waals surface area contributed by atoms with Crippen LogP contribution in [-0.4, -0.2) is 26.8 Å². The van der Waals surface area contributed by atoms with Gasteiger partial charge in [-0.2, -0.15) is 5.10 Å². The molecule has 2 rings (SSSR count). The van der Waals surface area contributed by atoms with Crippen molar-refractivity contribution in [2.75, 3.05) is 5.32 Å². The molecule has 1 amide bonds. The number of anilines is 1. The molecule has 19 heavy (non-hydrogen) atoms. The van der Waals surface area contributed by atoms with Crippen LogP contribution in [0.5, 0.6) is 0 Å². The fraction of sp³-hybridized carbons (Fsp3) is 0.615. The molecule has 0 radical (unpaired) electrons. The van der Waals surface area contributed by atoms with Crippen molar-refractivity contribution in [3.05, 3.63) is 12.3 Å². The molecule has 1 aliphatic carbocycles. The van der Waals surface area contributed by atoms with E-state index in [-0.39, 0.29) is 11.8 Å². The van der Waals surface area contributed by atoms with E-state index in [1.54, 1.807) is 16.9 Å². The molecule has 0 saturated heterocycles. The summed E-state index contributed by atoms with van der Waals surface area (Å²) in [7, 11) is 0. The first-order valence-corrected chi connectivity index (χ1v) is 6.67. The van der Waals surface area contributed by atoms with Gasteiger partial charge in [0.1, 0.15) is 0 Å². The Balaban J connectivity index is 1.93. The summed E-state index contributed by atoms with van der Waals surface area (Å²) in [4.78, 5) is 23.1. The molecule has 2 atom stereocenters. The molecular formula is C13H19N3O3. The van der Waals surface area contributed by atoms with Gasteiger partial charge in [0.25, 0.3) is 0 Å². The number of aliphatic carboxylic acids is 1. The molecule has 1 aromatic heterocycles. The summed E-state index contributed by atoms with van der Waals surface area (Å²) >= 11 is 0. The summed E-state index contributed by atoms with van der Waals surface area (Å²) in [5, 5.41) is 16.0. The Bertz CT molecular complexity index is 469. The number of carboxylic acid groups (broad SMARTS) is 1. The smallest absolute Gasteiger partial charge is 0.306 e. The monoisotopic (exact) mass is 265 g/mol. The third kappa shape index (κ3) is 3.33. The minimum absolute atomic E-state index is 0.118. The van der Waals surface area contributed by atoms with Gasteiger partial charge < -0.3 is 10.4 Å². The van der Waals surface area contributed by atoms with Crippen LogP contribution in [0.2, 0.25) is 0 Å². The van der Waals surface area contributed by atoms with Crippen LogP contribution in [0, 0.1) is 11.8 Å². The molecule has 1 saturated carbocycles. The van der Waals surface area contributed by atoms with Gasteiger partial charge in [-0.1, -0.05) is 6.42 Å². The average Bonchev–Trinajstić information content (AvgIpc) is 2.86. The lowest BCUT2D eigenvalue weighted by molar-refractivity contribution is -0.143. The second-order valence-corrected chi connectivity index (χ2v) is 4.94. The summed E-state index contributed by atoms with van der Waals surface area (Å²) in [6.45, 7) is 2.72. The number of carboxylic acids is 1. The first-order valence-electron chi connectivity index (χ1n) is 6.67. The fourth-order valence-electron chi connectivity index (χ4n) is 2.48. The van der Waals surface area contributed by atoms with Crippen molar-refractivity contribution in [3.8, 4) is 0 Å². The Labute approximate surface area is 111 Å². The molecule has 104 valence electrons. The van der Waals surface area contributed by atoms with Gasteiger partial charge in [0, 0.05) is 24.7 Å².